The molecule has 0 amide bonds. The van der Waals surface area contributed by atoms with Gasteiger partial charge in [0.1, 0.15) is 5.82 Å². The summed E-state index contributed by atoms with van der Waals surface area (Å²) < 4.78 is 14.0. The molecule has 0 aliphatic rings. The van der Waals surface area contributed by atoms with Crippen molar-refractivity contribution in [2.45, 2.75) is 6.92 Å². The fourth-order valence-electron chi connectivity index (χ4n) is 2.21. The van der Waals surface area contributed by atoms with E-state index in [4.69, 9.17) is 23.2 Å². The van der Waals surface area contributed by atoms with Gasteiger partial charge < -0.3 is 0 Å². The largest absolute Gasteiger partial charge is 0.247 e. The number of nitrogens with zero attached hydrogens (tertiary/aromatic N) is 1. The first kappa shape index (κ1) is 13.3. The van der Waals surface area contributed by atoms with Crippen LogP contribution in [-0.2, 0) is 0 Å². The minimum Gasteiger partial charge on any atom is -0.247 e. The molecule has 2 aromatic carbocycles. The summed E-state index contributed by atoms with van der Waals surface area (Å²) in [4.78, 5) is 4.52. The van der Waals surface area contributed by atoms with Gasteiger partial charge in [-0.3, -0.25) is 0 Å². The number of rotatable bonds is 1. The molecule has 0 radical (unpaired) electrons. The van der Waals surface area contributed by atoms with Crippen LogP contribution in [0.2, 0.25) is 10.0 Å². The van der Waals surface area contributed by atoms with E-state index in [9.17, 15) is 4.39 Å². The zero-order valence-electron chi connectivity index (χ0n) is 10.6. The van der Waals surface area contributed by atoms with Crippen LogP contribution in [0.5, 0.6) is 0 Å². The minimum absolute atomic E-state index is 0.319. The topological polar surface area (TPSA) is 12.9 Å². The number of benzene rings is 2. The lowest BCUT2D eigenvalue weighted by molar-refractivity contribution is 0.630. The van der Waals surface area contributed by atoms with Gasteiger partial charge in [0, 0.05) is 16.0 Å². The first-order valence-corrected chi connectivity index (χ1v) is 6.84. The minimum atomic E-state index is -0.319. The Kier molecular flexibility index (Phi) is 3.36. The molecule has 20 heavy (non-hydrogen) atoms. The zero-order chi connectivity index (χ0) is 14.3. The van der Waals surface area contributed by atoms with E-state index >= 15 is 0 Å². The van der Waals surface area contributed by atoms with Gasteiger partial charge in [0.05, 0.1) is 16.2 Å². The van der Waals surface area contributed by atoms with Crippen LogP contribution in [0.3, 0.4) is 0 Å². The van der Waals surface area contributed by atoms with Gasteiger partial charge in [-0.1, -0.05) is 35.3 Å². The highest BCUT2D eigenvalue weighted by molar-refractivity contribution is 6.37. The van der Waals surface area contributed by atoms with Gasteiger partial charge in [0.2, 0.25) is 0 Å². The van der Waals surface area contributed by atoms with Gasteiger partial charge in [-0.25, -0.2) is 9.37 Å². The van der Waals surface area contributed by atoms with Crippen molar-refractivity contribution in [3.8, 4) is 11.3 Å². The molecule has 3 aromatic rings. The molecule has 0 unspecified atom stereocenters. The standard InChI is InChI=1S/C16H10Cl2FN/c1-9-15(18)12-7-6-10(17)8-14(12)20-16(9)11-4-2-3-5-13(11)19/h2-8H,1H3. The number of hydrogen-bond acceptors (Lipinski definition) is 1. The van der Waals surface area contributed by atoms with Crippen molar-refractivity contribution in [2.24, 2.45) is 0 Å². The summed E-state index contributed by atoms with van der Waals surface area (Å²) in [5.41, 5.74) is 2.40. The van der Waals surface area contributed by atoms with Crippen LogP contribution in [-0.4, -0.2) is 4.98 Å². The van der Waals surface area contributed by atoms with Crippen LogP contribution in [0.4, 0.5) is 4.39 Å². The molecule has 0 aliphatic carbocycles. The van der Waals surface area contributed by atoms with E-state index in [1.807, 2.05) is 13.0 Å². The van der Waals surface area contributed by atoms with Crippen LogP contribution in [0.1, 0.15) is 5.56 Å². The highest BCUT2D eigenvalue weighted by Gasteiger charge is 2.14. The molecule has 1 nitrogen and oxygen atoms in total. The molecule has 100 valence electrons. The second kappa shape index (κ2) is 5.04. The average molecular weight is 306 g/mol. The number of hydrogen-bond donors (Lipinski definition) is 0. The van der Waals surface area contributed by atoms with Gasteiger partial charge in [0.15, 0.2) is 0 Å². The van der Waals surface area contributed by atoms with Crippen molar-refractivity contribution in [1.82, 2.24) is 4.98 Å². The Morgan fingerprint density at radius 3 is 2.55 bits per heavy atom. The van der Waals surface area contributed by atoms with Crippen molar-refractivity contribution in [3.63, 3.8) is 0 Å². The third kappa shape index (κ3) is 2.15. The SMILES string of the molecule is Cc1c(-c2ccccc2F)nc2cc(Cl)ccc2c1Cl. The quantitative estimate of drug-likeness (QED) is 0.565. The Bertz CT molecular complexity index is 815. The molecule has 0 saturated heterocycles. The van der Waals surface area contributed by atoms with Gasteiger partial charge in [-0.2, -0.15) is 0 Å². The lowest BCUT2D eigenvalue weighted by atomic mass is 10.0. The van der Waals surface area contributed by atoms with E-state index in [1.165, 1.54) is 6.07 Å². The molecule has 0 saturated carbocycles. The summed E-state index contributed by atoms with van der Waals surface area (Å²) in [6.45, 7) is 1.84. The molecular formula is C16H10Cl2FN. The fourth-order valence-corrected chi connectivity index (χ4v) is 2.62. The zero-order valence-corrected chi connectivity index (χ0v) is 12.1. The predicted octanol–water partition coefficient (Wildman–Crippen LogP) is 5.66. The Balaban J connectivity index is 2.37. The Labute approximate surface area is 126 Å². The van der Waals surface area contributed by atoms with E-state index < -0.39 is 0 Å². The van der Waals surface area contributed by atoms with Crippen LogP contribution >= 0.6 is 23.2 Å². The second-order valence-corrected chi connectivity index (χ2v) is 5.36. The highest BCUT2D eigenvalue weighted by Crippen LogP contribution is 2.34. The summed E-state index contributed by atoms with van der Waals surface area (Å²) in [7, 11) is 0. The van der Waals surface area contributed by atoms with Gasteiger partial charge in [-0.15, -0.1) is 0 Å². The van der Waals surface area contributed by atoms with E-state index in [0.29, 0.717) is 26.8 Å². The average Bonchev–Trinajstić information content (AvgIpc) is 2.43. The van der Waals surface area contributed by atoms with Crippen LogP contribution in [0, 0.1) is 12.7 Å². The molecule has 0 atom stereocenters. The van der Waals surface area contributed by atoms with E-state index in [-0.39, 0.29) is 5.82 Å². The number of fused-ring (bicyclic) bond motifs is 1. The highest BCUT2D eigenvalue weighted by atomic mass is 35.5. The van der Waals surface area contributed by atoms with Crippen LogP contribution in [0.25, 0.3) is 22.2 Å². The number of halogens is 3. The molecule has 0 bridgehead atoms. The van der Waals surface area contributed by atoms with Gasteiger partial charge >= 0.3 is 0 Å². The fraction of sp³-hybridized carbons (Fsp3) is 0.0625. The summed E-state index contributed by atoms with van der Waals surface area (Å²) in [5, 5.41) is 1.96. The third-order valence-electron chi connectivity index (χ3n) is 3.24. The molecule has 4 heteroatoms. The lowest BCUT2D eigenvalue weighted by Crippen LogP contribution is -1.94. The van der Waals surface area contributed by atoms with E-state index in [1.54, 1.807) is 30.3 Å². The maximum atomic E-state index is 14.0. The number of aromatic nitrogens is 1. The van der Waals surface area contributed by atoms with Crippen molar-refractivity contribution in [3.05, 3.63) is 63.9 Å². The van der Waals surface area contributed by atoms with Crippen molar-refractivity contribution < 1.29 is 4.39 Å². The first-order valence-electron chi connectivity index (χ1n) is 6.08. The smallest absolute Gasteiger partial charge is 0.132 e. The monoisotopic (exact) mass is 305 g/mol. The Morgan fingerprint density at radius 2 is 1.80 bits per heavy atom. The summed E-state index contributed by atoms with van der Waals surface area (Å²) in [5.74, 6) is -0.319. The lowest BCUT2D eigenvalue weighted by Gasteiger charge is -2.11. The maximum absolute atomic E-state index is 14.0. The Hall–Kier alpha value is -1.64. The van der Waals surface area contributed by atoms with Crippen LogP contribution < -0.4 is 0 Å². The van der Waals surface area contributed by atoms with Crippen molar-refractivity contribution in [2.75, 3.05) is 0 Å². The molecule has 1 aromatic heterocycles. The summed E-state index contributed by atoms with van der Waals surface area (Å²) in [6.07, 6.45) is 0. The molecule has 0 aliphatic heterocycles. The van der Waals surface area contributed by atoms with Crippen molar-refractivity contribution >= 4 is 34.1 Å². The van der Waals surface area contributed by atoms with Gasteiger partial charge in [0.25, 0.3) is 0 Å². The van der Waals surface area contributed by atoms with Gasteiger partial charge in [-0.05, 0) is 42.8 Å². The molecular weight excluding hydrogens is 296 g/mol. The first-order chi connectivity index (χ1) is 9.58. The van der Waals surface area contributed by atoms with E-state index in [2.05, 4.69) is 4.98 Å². The molecule has 0 fully saturated rings. The third-order valence-corrected chi connectivity index (χ3v) is 3.96. The molecule has 0 spiro atoms. The Morgan fingerprint density at radius 1 is 1.05 bits per heavy atom. The maximum Gasteiger partial charge on any atom is 0.132 e. The normalized spacial score (nSPS) is 11.0. The second-order valence-electron chi connectivity index (χ2n) is 4.54. The molecule has 0 N–H and O–H groups in total. The van der Waals surface area contributed by atoms with Crippen molar-refractivity contribution in [1.29, 1.82) is 0 Å². The molecule has 3 rings (SSSR count). The summed E-state index contributed by atoms with van der Waals surface area (Å²) in [6, 6.07) is 11.8. The number of pyridine rings is 1. The van der Waals surface area contributed by atoms with E-state index in [0.717, 1.165) is 10.9 Å². The molecule has 1 heterocycles. The van der Waals surface area contributed by atoms with Crippen LogP contribution in [0.15, 0.2) is 42.5 Å². The summed E-state index contributed by atoms with van der Waals surface area (Å²) >= 11 is 12.4. The predicted molar refractivity (Wildman–Crippen MR) is 81.9 cm³/mol.